The van der Waals surface area contributed by atoms with E-state index in [0.717, 1.165) is 12.1 Å². The molecule has 0 aromatic heterocycles. The lowest BCUT2D eigenvalue weighted by atomic mass is 10.2. The van der Waals surface area contributed by atoms with Crippen LogP contribution in [0.5, 0.6) is 11.5 Å². The molecular formula is C15H24FNO5S. The van der Waals surface area contributed by atoms with Crippen LogP contribution < -0.4 is 14.2 Å². The van der Waals surface area contributed by atoms with Gasteiger partial charge in [-0.1, -0.05) is 13.8 Å². The number of nitrogens with one attached hydrogen (secondary N) is 1. The summed E-state index contributed by atoms with van der Waals surface area (Å²) in [5.74, 6) is -0.195. The van der Waals surface area contributed by atoms with Crippen LogP contribution >= 0.6 is 0 Å². The predicted molar refractivity (Wildman–Crippen MR) is 85.0 cm³/mol. The Balaban J connectivity index is 2.69. The lowest BCUT2D eigenvalue weighted by molar-refractivity contribution is 0.108. The number of hydrogen-bond acceptors (Lipinski definition) is 5. The molecule has 132 valence electrons. The maximum Gasteiger partial charge on any atom is 0.243 e. The van der Waals surface area contributed by atoms with Gasteiger partial charge < -0.3 is 14.2 Å². The van der Waals surface area contributed by atoms with Crippen LogP contribution in [0.3, 0.4) is 0 Å². The fourth-order valence-electron chi connectivity index (χ4n) is 1.82. The van der Waals surface area contributed by atoms with Crippen LogP contribution in [0.25, 0.3) is 0 Å². The van der Waals surface area contributed by atoms with E-state index in [1.54, 1.807) is 0 Å². The van der Waals surface area contributed by atoms with Crippen LogP contribution in [0.1, 0.15) is 20.3 Å². The van der Waals surface area contributed by atoms with Gasteiger partial charge in [-0.05, 0) is 12.3 Å². The molecule has 0 bridgehead atoms. The van der Waals surface area contributed by atoms with Crippen LogP contribution in [0.2, 0.25) is 0 Å². The second-order valence-electron chi connectivity index (χ2n) is 5.36. The van der Waals surface area contributed by atoms with Crippen LogP contribution in [-0.2, 0) is 14.8 Å². The molecule has 0 spiro atoms. The Hall–Kier alpha value is -1.38. The molecule has 0 saturated heterocycles. The predicted octanol–water partition coefficient (Wildman–Crippen LogP) is 2.18. The molecule has 23 heavy (non-hydrogen) atoms. The molecule has 1 N–H and O–H groups in total. The molecule has 8 heteroatoms. The van der Waals surface area contributed by atoms with E-state index in [1.165, 1.54) is 14.2 Å². The summed E-state index contributed by atoms with van der Waals surface area (Å²) in [6, 6.07) is 2.09. The van der Waals surface area contributed by atoms with Crippen molar-refractivity contribution in [2.45, 2.75) is 25.2 Å². The molecular weight excluding hydrogens is 325 g/mol. The van der Waals surface area contributed by atoms with Gasteiger partial charge in [0.15, 0.2) is 11.5 Å². The molecule has 0 aliphatic heterocycles. The molecule has 1 rings (SSSR count). The van der Waals surface area contributed by atoms with Gasteiger partial charge in [0.1, 0.15) is 10.7 Å². The molecule has 0 amide bonds. The Kier molecular flexibility index (Phi) is 7.74. The molecule has 1 aromatic rings. The van der Waals surface area contributed by atoms with Crippen molar-refractivity contribution in [2.75, 3.05) is 34.0 Å². The number of halogens is 1. The number of ether oxygens (including phenoxy) is 3. The zero-order valence-corrected chi connectivity index (χ0v) is 14.7. The van der Waals surface area contributed by atoms with Crippen molar-refractivity contribution in [1.29, 1.82) is 0 Å². The molecule has 0 radical (unpaired) electrons. The van der Waals surface area contributed by atoms with E-state index in [0.29, 0.717) is 25.6 Å². The quantitative estimate of drug-likeness (QED) is 0.656. The molecule has 0 saturated carbocycles. The average molecular weight is 349 g/mol. The number of hydrogen-bond donors (Lipinski definition) is 1. The molecule has 0 aliphatic rings. The van der Waals surface area contributed by atoms with E-state index in [4.69, 9.17) is 14.2 Å². The van der Waals surface area contributed by atoms with Gasteiger partial charge in [-0.3, -0.25) is 0 Å². The molecule has 0 unspecified atom stereocenters. The summed E-state index contributed by atoms with van der Waals surface area (Å²) in [4.78, 5) is -0.474. The lowest BCUT2D eigenvalue weighted by Crippen LogP contribution is -2.26. The van der Waals surface area contributed by atoms with E-state index in [2.05, 4.69) is 4.72 Å². The summed E-state index contributed by atoms with van der Waals surface area (Å²) in [7, 11) is -1.27. The van der Waals surface area contributed by atoms with Gasteiger partial charge in [0, 0.05) is 31.9 Å². The normalized spacial score (nSPS) is 11.7. The summed E-state index contributed by atoms with van der Waals surface area (Å²) < 4.78 is 56.0. The standard InChI is InChI=1S/C15H24FNO5S/c1-11(2)10-22-7-5-6-17-23(18,19)15-9-14(21-4)13(20-3)8-12(15)16/h8-9,11,17H,5-7,10H2,1-4H3. The van der Waals surface area contributed by atoms with Crippen molar-refractivity contribution >= 4 is 10.0 Å². The fourth-order valence-corrected chi connectivity index (χ4v) is 2.97. The van der Waals surface area contributed by atoms with Crippen LogP contribution in [-0.4, -0.2) is 42.4 Å². The summed E-state index contributed by atoms with van der Waals surface area (Å²) in [6.45, 7) is 5.28. The molecule has 0 aliphatic carbocycles. The molecule has 0 fully saturated rings. The third-order valence-electron chi connectivity index (χ3n) is 2.94. The number of benzene rings is 1. The van der Waals surface area contributed by atoms with Gasteiger partial charge in [0.2, 0.25) is 10.0 Å². The van der Waals surface area contributed by atoms with Crippen LogP contribution in [0.15, 0.2) is 17.0 Å². The minimum Gasteiger partial charge on any atom is -0.493 e. The fraction of sp³-hybridized carbons (Fsp3) is 0.600. The maximum absolute atomic E-state index is 14.0. The first-order valence-electron chi connectivity index (χ1n) is 7.30. The van der Waals surface area contributed by atoms with Crippen molar-refractivity contribution in [3.05, 3.63) is 17.9 Å². The Morgan fingerprint density at radius 1 is 1.17 bits per heavy atom. The van der Waals surface area contributed by atoms with Crippen LogP contribution in [0.4, 0.5) is 4.39 Å². The first kappa shape index (κ1) is 19.7. The van der Waals surface area contributed by atoms with Gasteiger partial charge in [-0.15, -0.1) is 0 Å². The number of methoxy groups -OCH3 is 2. The molecule has 0 atom stereocenters. The first-order valence-corrected chi connectivity index (χ1v) is 8.79. The zero-order chi connectivity index (χ0) is 17.5. The third-order valence-corrected chi connectivity index (χ3v) is 4.41. The lowest BCUT2D eigenvalue weighted by Gasteiger charge is -2.12. The Labute approximate surface area is 137 Å². The van der Waals surface area contributed by atoms with Gasteiger partial charge in [-0.2, -0.15) is 0 Å². The second-order valence-corrected chi connectivity index (χ2v) is 7.09. The number of sulfonamides is 1. The summed E-state index contributed by atoms with van der Waals surface area (Å²) >= 11 is 0. The monoisotopic (exact) mass is 349 g/mol. The van der Waals surface area contributed by atoms with Crippen molar-refractivity contribution in [3.63, 3.8) is 0 Å². The molecule has 1 aromatic carbocycles. The van der Waals surface area contributed by atoms with E-state index < -0.39 is 20.7 Å². The van der Waals surface area contributed by atoms with Crippen molar-refractivity contribution < 1.29 is 27.0 Å². The Bertz CT molecular complexity index is 604. The Morgan fingerprint density at radius 3 is 2.35 bits per heavy atom. The van der Waals surface area contributed by atoms with Crippen molar-refractivity contribution in [2.24, 2.45) is 5.92 Å². The van der Waals surface area contributed by atoms with E-state index >= 15 is 0 Å². The van der Waals surface area contributed by atoms with Gasteiger partial charge in [0.25, 0.3) is 0 Å². The molecule has 6 nitrogen and oxygen atoms in total. The maximum atomic E-state index is 14.0. The highest BCUT2D eigenvalue weighted by molar-refractivity contribution is 7.89. The highest BCUT2D eigenvalue weighted by atomic mass is 32.2. The van der Waals surface area contributed by atoms with Crippen molar-refractivity contribution in [1.82, 2.24) is 4.72 Å². The molecule has 0 heterocycles. The topological polar surface area (TPSA) is 73.9 Å². The minimum absolute atomic E-state index is 0.131. The van der Waals surface area contributed by atoms with Gasteiger partial charge >= 0.3 is 0 Å². The smallest absolute Gasteiger partial charge is 0.243 e. The average Bonchev–Trinajstić information content (AvgIpc) is 2.49. The minimum atomic E-state index is -3.97. The van der Waals surface area contributed by atoms with E-state index in [-0.39, 0.29) is 18.0 Å². The number of rotatable bonds is 10. The zero-order valence-electron chi connectivity index (χ0n) is 13.9. The highest BCUT2D eigenvalue weighted by Gasteiger charge is 2.22. The summed E-state index contributed by atoms with van der Waals surface area (Å²) in [5.41, 5.74) is 0. The largest absolute Gasteiger partial charge is 0.493 e. The van der Waals surface area contributed by atoms with Gasteiger partial charge in [0.05, 0.1) is 14.2 Å². The third kappa shape index (κ3) is 5.96. The van der Waals surface area contributed by atoms with Crippen LogP contribution in [0, 0.1) is 11.7 Å². The summed E-state index contributed by atoms with van der Waals surface area (Å²) in [6.07, 6.45) is 0.501. The summed E-state index contributed by atoms with van der Waals surface area (Å²) in [5, 5.41) is 0. The van der Waals surface area contributed by atoms with Gasteiger partial charge in [-0.25, -0.2) is 17.5 Å². The highest BCUT2D eigenvalue weighted by Crippen LogP contribution is 2.31. The first-order chi connectivity index (χ1) is 10.8. The second kappa shape index (κ2) is 9.05. The van der Waals surface area contributed by atoms with E-state index in [1.807, 2.05) is 13.8 Å². The Morgan fingerprint density at radius 2 is 1.78 bits per heavy atom. The SMILES string of the molecule is COc1cc(F)c(S(=O)(=O)NCCCOCC(C)C)cc1OC. The van der Waals surface area contributed by atoms with Crippen molar-refractivity contribution in [3.8, 4) is 11.5 Å². The van der Waals surface area contributed by atoms with E-state index in [9.17, 15) is 12.8 Å².